The lowest BCUT2D eigenvalue weighted by atomic mass is 9.88. The van der Waals surface area contributed by atoms with Crippen LogP contribution in [0.2, 0.25) is 5.02 Å². The number of halogens is 1. The molecule has 18 heavy (non-hydrogen) atoms. The molecular formula is C13H19ClN2O2. The van der Waals surface area contributed by atoms with Crippen molar-refractivity contribution in [3.63, 3.8) is 0 Å². The zero-order valence-corrected chi connectivity index (χ0v) is 11.7. The largest absolute Gasteiger partial charge is 0.494 e. The van der Waals surface area contributed by atoms with Crippen LogP contribution < -0.4 is 10.5 Å². The number of hydrogen-bond donors (Lipinski definition) is 2. The SMILES string of the molecule is Cc1cc(OCCC(C)(C)C(N)=NO)ccc1Cl. The van der Waals surface area contributed by atoms with E-state index in [1.165, 1.54) is 0 Å². The second-order valence-corrected chi connectivity index (χ2v) is 5.29. The topological polar surface area (TPSA) is 67.8 Å². The smallest absolute Gasteiger partial charge is 0.144 e. The van der Waals surface area contributed by atoms with Gasteiger partial charge >= 0.3 is 0 Å². The van der Waals surface area contributed by atoms with Crippen LogP contribution in [0.3, 0.4) is 0 Å². The molecule has 1 rings (SSSR count). The van der Waals surface area contributed by atoms with E-state index in [0.717, 1.165) is 16.3 Å². The second-order valence-electron chi connectivity index (χ2n) is 4.88. The van der Waals surface area contributed by atoms with Gasteiger partial charge in [-0.25, -0.2) is 0 Å². The van der Waals surface area contributed by atoms with Crippen molar-refractivity contribution >= 4 is 17.4 Å². The van der Waals surface area contributed by atoms with Crippen molar-refractivity contribution in [2.24, 2.45) is 16.3 Å². The maximum absolute atomic E-state index is 8.66. The first-order valence-corrected chi connectivity index (χ1v) is 6.11. The van der Waals surface area contributed by atoms with Crippen molar-refractivity contribution in [1.82, 2.24) is 0 Å². The summed E-state index contributed by atoms with van der Waals surface area (Å²) in [4.78, 5) is 0. The highest BCUT2D eigenvalue weighted by Crippen LogP contribution is 2.24. The Balaban J connectivity index is 2.54. The lowest BCUT2D eigenvalue weighted by Crippen LogP contribution is -2.33. The molecule has 1 aromatic carbocycles. The first-order valence-electron chi connectivity index (χ1n) is 5.74. The summed E-state index contributed by atoms with van der Waals surface area (Å²) in [5, 5.41) is 12.4. The molecule has 0 fully saturated rings. The van der Waals surface area contributed by atoms with E-state index in [1.54, 1.807) is 6.07 Å². The van der Waals surface area contributed by atoms with Crippen LogP contribution in [-0.2, 0) is 0 Å². The molecule has 5 heteroatoms. The fourth-order valence-corrected chi connectivity index (χ4v) is 1.51. The van der Waals surface area contributed by atoms with Gasteiger partial charge in [0.15, 0.2) is 0 Å². The average molecular weight is 271 g/mol. The van der Waals surface area contributed by atoms with Gasteiger partial charge in [0, 0.05) is 10.4 Å². The number of rotatable bonds is 5. The van der Waals surface area contributed by atoms with Crippen molar-refractivity contribution < 1.29 is 9.94 Å². The summed E-state index contributed by atoms with van der Waals surface area (Å²) in [6.07, 6.45) is 0.657. The Labute approximate surface area is 112 Å². The Bertz CT molecular complexity index is 445. The van der Waals surface area contributed by atoms with E-state index in [-0.39, 0.29) is 5.84 Å². The monoisotopic (exact) mass is 270 g/mol. The van der Waals surface area contributed by atoms with Crippen LogP contribution in [0.5, 0.6) is 5.75 Å². The van der Waals surface area contributed by atoms with E-state index in [4.69, 9.17) is 27.3 Å². The summed E-state index contributed by atoms with van der Waals surface area (Å²) in [6.45, 7) is 6.22. The summed E-state index contributed by atoms with van der Waals surface area (Å²) in [6, 6.07) is 5.52. The van der Waals surface area contributed by atoms with Crippen LogP contribution in [0.1, 0.15) is 25.8 Å². The van der Waals surface area contributed by atoms with Gasteiger partial charge < -0.3 is 15.7 Å². The van der Waals surface area contributed by atoms with Gasteiger partial charge in [-0.15, -0.1) is 0 Å². The minimum atomic E-state index is -0.393. The zero-order chi connectivity index (χ0) is 13.8. The molecule has 0 amide bonds. The highest BCUT2D eigenvalue weighted by atomic mass is 35.5. The number of ether oxygens (including phenoxy) is 1. The molecule has 0 spiro atoms. The summed E-state index contributed by atoms with van der Waals surface area (Å²) in [7, 11) is 0. The molecule has 100 valence electrons. The predicted molar refractivity (Wildman–Crippen MR) is 73.5 cm³/mol. The standard InChI is InChI=1S/C13H19ClN2O2/c1-9-8-10(4-5-11(9)14)18-7-6-13(2,3)12(15)16-17/h4-5,8,17H,6-7H2,1-3H3,(H2,15,16). The van der Waals surface area contributed by atoms with E-state index in [0.29, 0.717) is 13.0 Å². The van der Waals surface area contributed by atoms with Crippen LogP contribution in [0.15, 0.2) is 23.4 Å². The molecule has 3 N–H and O–H groups in total. The predicted octanol–water partition coefficient (Wildman–Crippen LogP) is 3.19. The van der Waals surface area contributed by atoms with E-state index in [2.05, 4.69) is 5.16 Å². The van der Waals surface area contributed by atoms with Crippen molar-refractivity contribution in [2.75, 3.05) is 6.61 Å². The maximum Gasteiger partial charge on any atom is 0.144 e. The van der Waals surface area contributed by atoms with Crippen LogP contribution in [0.25, 0.3) is 0 Å². The van der Waals surface area contributed by atoms with Crippen molar-refractivity contribution in [3.8, 4) is 5.75 Å². The third kappa shape index (κ3) is 3.81. The highest BCUT2D eigenvalue weighted by molar-refractivity contribution is 6.31. The number of amidine groups is 1. The molecule has 0 heterocycles. The average Bonchev–Trinajstić information content (AvgIpc) is 2.32. The van der Waals surface area contributed by atoms with Gasteiger partial charge in [-0.1, -0.05) is 30.6 Å². The molecule has 0 saturated carbocycles. The zero-order valence-electron chi connectivity index (χ0n) is 10.9. The van der Waals surface area contributed by atoms with Crippen LogP contribution in [0.4, 0.5) is 0 Å². The van der Waals surface area contributed by atoms with E-state index < -0.39 is 5.41 Å². The quantitative estimate of drug-likeness (QED) is 0.374. The molecule has 0 aliphatic heterocycles. The van der Waals surface area contributed by atoms with E-state index in [1.807, 2.05) is 32.9 Å². The van der Waals surface area contributed by atoms with Crippen LogP contribution >= 0.6 is 11.6 Å². The molecule has 0 aliphatic rings. The van der Waals surface area contributed by atoms with Crippen molar-refractivity contribution in [2.45, 2.75) is 27.2 Å². The van der Waals surface area contributed by atoms with Gasteiger partial charge in [-0.3, -0.25) is 0 Å². The van der Waals surface area contributed by atoms with E-state index >= 15 is 0 Å². The van der Waals surface area contributed by atoms with Crippen molar-refractivity contribution in [3.05, 3.63) is 28.8 Å². The molecule has 0 atom stereocenters. The highest BCUT2D eigenvalue weighted by Gasteiger charge is 2.23. The number of aryl methyl sites for hydroxylation is 1. The number of oxime groups is 1. The van der Waals surface area contributed by atoms with Gasteiger partial charge in [0.1, 0.15) is 11.6 Å². The van der Waals surface area contributed by atoms with Crippen molar-refractivity contribution in [1.29, 1.82) is 0 Å². The minimum Gasteiger partial charge on any atom is -0.494 e. The Hall–Kier alpha value is -1.42. The number of benzene rings is 1. The van der Waals surface area contributed by atoms with E-state index in [9.17, 15) is 0 Å². The van der Waals surface area contributed by atoms with Gasteiger partial charge in [-0.05, 0) is 37.1 Å². The lowest BCUT2D eigenvalue weighted by Gasteiger charge is -2.22. The van der Waals surface area contributed by atoms with Crippen LogP contribution in [-0.4, -0.2) is 17.6 Å². The Morgan fingerprint density at radius 3 is 2.72 bits per heavy atom. The fourth-order valence-electron chi connectivity index (χ4n) is 1.39. The third-order valence-corrected chi connectivity index (χ3v) is 3.35. The molecule has 4 nitrogen and oxygen atoms in total. The van der Waals surface area contributed by atoms with Gasteiger partial charge in [-0.2, -0.15) is 0 Å². The molecule has 0 bridgehead atoms. The summed E-state index contributed by atoms with van der Waals surface area (Å²) >= 11 is 5.93. The first kappa shape index (κ1) is 14.6. The lowest BCUT2D eigenvalue weighted by molar-refractivity contribution is 0.259. The fraction of sp³-hybridized carbons (Fsp3) is 0.462. The molecule has 0 radical (unpaired) electrons. The van der Waals surface area contributed by atoms with Gasteiger partial charge in [0.25, 0.3) is 0 Å². The Morgan fingerprint density at radius 1 is 1.50 bits per heavy atom. The maximum atomic E-state index is 8.66. The third-order valence-electron chi connectivity index (χ3n) is 2.93. The molecule has 0 aromatic heterocycles. The minimum absolute atomic E-state index is 0.207. The molecule has 0 saturated heterocycles. The molecule has 0 aliphatic carbocycles. The van der Waals surface area contributed by atoms with Crippen LogP contribution in [0, 0.1) is 12.3 Å². The molecule has 0 unspecified atom stereocenters. The number of nitrogens with zero attached hydrogens (tertiary/aromatic N) is 1. The second kappa shape index (κ2) is 5.96. The first-order chi connectivity index (χ1) is 8.36. The van der Waals surface area contributed by atoms with Gasteiger partial charge in [0.2, 0.25) is 0 Å². The Kier molecular flexibility index (Phi) is 4.84. The molecule has 1 aromatic rings. The normalized spacial score (nSPS) is 12.6. The summed E-state index contributed by atoms with van der Waals surface area (Å²) in [5.41, 5.74) is 6.19. The van der Waals surface area contributed by atoms with Gasteiger partial charge in [0.05, 0.1) is 6.61 Å². The Morgan fingerprint density at radius 2 is 2.17 bits per heavy atom. The summed E-state index contributed by atoms with van der Waals surface area (Å²) in [5.74, 6) is 0.977. The number of hydrogen-bond acceptors (Lipinski definition) is 3. The number of nitrogens with two attached hydrogens (primary N) is 1. The summed E-state index contributed by atoms with van der Waals surface area (Å²) < 4.78 is 5.62. The molecular weight excluding hydrogens is 252 g/mol.